The van der Waals surface area contributed by atoms with Crippen molar-refractivity contribution >= 4 is 28.9 Å². The average Bonchev–Trinajstić information content (AvgIpc) is 3.33. The highest BCUT2D eigenvalue weighted by atomic mass is 16.5. The molecule has 2 fully saturated rings. The van der Waals surface area contributed by atoms with Gasteiger partial charge in [-0.15, -0.1) is 0 Å². The lowest BCUT2D eigenvalue weighted by Gasteiger charge is -2.35. The van der Waals surface area contributed by atoms with Crippen molar-refractivity contribution < 1.29 is 19.1 Å². The highest BCUT2D eigenvalue weighted by Gasteiger charge is 2.33. The standard InChI is InChI=1S/C24H24N4O4/c29-22-12-26-23(30)28(22)13-16-6-7-21-19(8-16)20(11-25-21)17-9-18(10-17)27-24(31)32-14-15-4-2-1-3-5-15/h1-8,11,17-18,25H,9-10,12-14H2,(H,26,30)(H,27,31). The van der Waals surface area contributed by atoms with Gasteiger partial charge in [0.05, 0.1) is 13.1 Å². The Morgan fingerprint density at radius 1 is 1.09 bits per heavy atom. The number of imide groups is 1. The normalized spacial score (nSPS) is 20.2. The molecule has 4 amide bonds. The van der Waals surface area contributed by atoms with Crippen LogP contribution in [0, 0.1) is 0 Å². The average molecular weight is 432 g/mol. The molecule has 2 heterocycles. The Morgan fingerprint density at radius 2 is 1.91 bits per heavy atom. The number of aromatic amines is 1. The zero-order valence-corrected chi connectivity index (χ0v) is 17.5. The van der Waals surface area contributed by atoms with E-state index in [-0.39, 0.29) is 37.7 Å². The molecule has 3 aromatic rings. The van der Waals surface area contributed by atoms with Crippen molar-refractivity contribution in [2.45, 2.75) is 38.0 Å². The fourth-order valence-electron chi connectivity index (χ4n) is 4.34. The predicted molar refractivity (Wildman–Crippen MR) is 118 cm³/mol. The lowest BCUT2D eigenvalue weighted by molar-refractivity contribution is -0.125. The maximum Gasteiger partial charge on any atom is 0.407 e. The summed E-state index contributed by atoms with van der Waals surface area (Å²) < 4.78 is 5.31. The van der Waals surface area contributed by atoms with Crippen LogP contribution in [0.1, 0.15) is 35.4 Å². The molecule has 3 N–H and O–H groups in total. The van der Waals surface area contributed by atoms with Gasteiger partial charge >= 0.3 is 12.1 Å². The van der Waals surface area contributed by atoms with Crippen LogP contribution in [0.4, 0.5) is 9.59 Å². The van der Waals surface area contributed by atoms with Gasteiger partial charge in [-0.1, -0.05) is 36.4 Å². The first-order valence-corrected chi connectivity index (χ1v) is 10.7. The summed E-state index contributed by atoms with van der Waals surface area (Å²) in [5, 5.41) is 6.57. The lowest BCUT2D eigenvalue weighted by atomic mass is 9.76. The number of fused-ring (bicyclic) bond motifs is 1. The van der Waals surface area contributed by atoms with Crippen LogP contribution in [0.3, 0.4) is 0 Å². The van der Waals surface area contributed by atoms with Crippen LogP contribution >= 0.6 is 0 Å². The Bertz CT molecular complexity index is 1150. The number of alkyl carbamates (subject to hydrolysis) is 1. The van der Waals surface area contributed by atoms with Crippen molar-refractivity contribution in [2.24, 2.45) is 0 Å². The lowest BCUT2D eigenvalue weighted by Crippen LogP contribution is -2.43. The Morgan fingerprint density at radius 3 is 2.66 bits per heavy atom. The van der Waals surface area contributed by atoms with Crippen LogP contribution in [0.25, 0.3) is 10.9 Å². The summed E-state index contributed by atoms with van der Waals surface area (Å²) in [7, 11) is 0. The molecule has 0 spiro atoms. The molecule has 164 valence electrons. The summed E-state index contributed by atoms with van der Waals surface area (Å²) in [5.74, 6) is 0.117. The molecule has 0 radical (unpaired) electrons. The third kappa shape index (κ3) is 4.03. The number of aromatic nitrogens is 1. The van der Waals surface area contributed by atoms with Gasteiger partial charge in [-0.05, 0) is 47.6 Å². The molecule has 0 bridgehead atoms. The Kier molecular flexibility index (Phi) is 5.26. The van der Waals surface area contributed by atoms with Crippen LogP contribution in [0.2, 0.25) is 0 Å². The molecular formula is C24H24N4O4. The first kappa shape index (κ1) is 20.1. The Balaban J connectivity index is 1.18. The minimum atomic E-state index is -0.396. The molecular weight excluding hydrogens is 408 g/mol. The number of nitrogens with zero attached hydrogens (tertiary/aromatic N) is 1. The molecule has 0 atom stereocenters. The van der Waals surface area contributed by atoms with E-state index >= 15 is 0 Å². The molecule has 8 heteroatoms. The smallest absolute Gasteiger partial charge is 0.407 e. The molecule has 1 aliphatic carbocycles. The van der Waals surface area contributed by atoms with Gasteiger partial charge in [-0.25, -0.2) is 9.59 Å². The van der Waals surface area contributed by atoms with E-state index in [1.54, 1.807) is 0 Å². The van der Waals surface area contributed by atoms with E-state index in [1.165, 1.54) is 10.5 Å². The third-order valence-corrected chi connectivity index (χ3v) is 6.17. The second kappa shape index (κ2) is 8.37. The first-order valence-electron chi connectivity index (χ1n) is 10.7. The second-order valence-corrected chi connectivity index (χ2v) is 8.33. The van der Waals surface area contributed by atoms with Crippen molar-refractivity contribution in [3.05, 3.63) is 71.4 Å². The summed E-state index contributed by atoms with van der Waals surface area (Å²) in [6.45, 7) is 0.569. The van der Waals surface area contributed by atoms with Crippen LogP contribution in [-0.2, 0) is 22.7 Å². The Labute approximate surface area is 184 Å². The number of ether oxygens (including phenoxy) is 1. The number of carbonyl (C=O) groups is 3. The van der Waals surface area contributed by atoms with Gasteiger partial charge in [0.25, 0.3) is 0 Å². The Hall–Kier alpha value is -3.81. The number of hydrogen-bond donors (Lipinski definition) is 3. The van der Waals surface area contributed by atoms with E-state index in [0.29, 0.717) is 5.92 Å². The highest BCUT2D eigenvalue weighted by molar-refractivity contribution is 6.01. The summed E-state index contributed by atoms with van der Waals surface area (Å²) >= 11 is 0. The van der Waals surface area contributed by atoms with Crippen molar-refractivity contribution in [1.82, 2.24) is 20.5 Å². The van der Waals surface area contributed by atoms with Crippen LogP contribution in [0.15, 0.2) is 54.7 Å². The zero-order valence-electron chi connectivity index (χ0n) is 17.5. The van der Waals surface area contributed by atoms with Crippen LogP contribution in [-0.4, -0.2) is 40.5 Å². The van der Waals surface area contributed by atoms with Gasteiger partial charge in [0.1, 0.15) is 6.61 Å². The third-order valence-electron chi connectivity index (χ3n) is 6.17. The second-order valence-electron chi connectivity index (χ2n) is 8.33. The van der Waals surface area contributed by atoms with Gasteiger partial charge < -0.3 is 20.4 Å². The molecule has 2 aliphatic rings. The molecule has 2 aromatic carbocycles. The van der Waals surface area contributed by atoms with Gasteiger partial charge in [0.2, 0.25) is 5.91 Å². The van der Waals surface area contributed by atoms with Crippen LogP contribution < -0.4 is 10.6 Å². The summed E-state index contributed by atoms with van der Waals surface area (Å²) in [6.07, 6.45) is 3.29. The van der Waals surface area contributed by atoms with Crippen molar-refractivity contribution in [1.29, 1.82) is 0 Å². The maximum atomic E-state index is 12.1. The topological polar surface area (TPSA) is 104 Å². The van der Waals surface area contributed by atoms with E-state index in [2.05, 4.69) is 15.6 Å². The van der Waals surface area contributed by atoms with Gasteiger partial charge in [-0.3, -0.25) is 9.69 Å². The number of amides is 4. The van der Waals surface area contributed by atoms with E-state index in [9.17, 15) is 14.4 Å². The molecule has 1 aromatic heterocycles. The quantitative estimate of drug-likeness (QED) is 0.520. The number of hydrogen-bond acceptors (Lipinski definition) is 4. The summed E-state index contributed by atoms with van der Waals surface area (Å²) in [6, 6.07) is 15.3. The number of H-pyrrole nitrogens is 1. The van der Waals surface area contributed by atoms with Gasteiger partial charge in [0, 0.05) is 23.1 Å². The number of urea groups is 1. The molecule has 32 heavy (non-hydrogen) atoms. The molecule has 1 aliphatic heterocycles. The minimum Gasteiger partial charge on any atom is -0.445 e. The minimum absolute atomic E-state index is 0.0563. The largest absolute Gasteiger partial charge is 0.445 e. The van der Waals surface area contributed by atoms with Crippen molar-refractivity contribution in [3.63, 3.8) is 0 Å². The van der Waals surface area contributed by atoms with E-state index in [1.807, 2.05) is 54.7 Å². The molecule has 1 saturated heterocycles. The van der Waals surface area contributed by atoms with Gasteiger partial charge in [0.15, 0.2) is 0 Å². The van der Waals surface area contributed by atoms with Crippen LogP contribution in [0.5, 0.6) is 0 Å². The van der Waals surface area contributed by atoms with Crippen molar-refractivity contribution in [3.8, 4) is 0 Å². The number of rotatable bonds is 6. The molecule has 5 rings (SSSR count). The number of nitrogens with one attached hydrogen (secondary N) is 3. The first-order chi connectivity index (χ1) is 15.6. The molecule has 8 nitrogen and oxygen atoms in total. The monoisotopic (exact) mass is 432 g/mol. The maximum absolute atomic E-state index is 12.1. The molecule has 0 unspecified atom stereocenters. The molecule has 1 saturated carbocycles. The van der Waals surface area contributed by atoms with Crippen molar-refractivity contribution in [2.75, 3.05) is 6.54 Å². The number of carbonyl (C=O) groups excluding carboxylic acids is 3. The number of benzene rings is 2. The SMILES string of the molecule is O=C(NC1CC(c2c[nH]c3ccc(CN4C(=O)CNC4=O)cc23)C1)OCc1ccccc1. The van der Waals surface area contributed by atoms with Gasteiger partial charge in [-0.2, -0.15) is 0 Å². The zero-order chi connectivity index (χ0) is 22.1. The van der Waals surface area contributed by atoms with E-state index < -0.39 is 6.09 Å². The van der Waals surface area contributed by atoms with E-state index in [4.69, 9.17) is 4.74 Å². The summed E-state index contributed by atoms with van der Waals surface area (Å²) in [5.41, 5.74) is 4.06. The summed E-state index contributed by atoms with van der Waals surface area (Å²) in [4.78, 5) is 40.3. The fourth-order valence-corrected chi connectivity index (χ4v) is 4.34. The fraction of sp³-hybridized carbons (Fsp3) is 0.292. The predicted octanol–water partition coefficient (Wildman–Crippen LogP) is 3.39. The van der Waals surface area contributed by atoms with E-state index in [0.717, 1.165) is 34.9 Å². The highest BCUT2D eigenvalue weighted by Crippen LogP contribution is 2.40.